The van der Waals surface area contributed by atoms with Crippen LogP contribution in [-0.4, -0.2) is 60.1 Å². The molecule has 8 heteroatoms. The number of benzene rings is 2. The molecule has 1 heterocycles. The first-order valence-corrected chi connectivity index (χ1v) is 14.3. The SMILES string of the molecule is CCCCOC(=O)[C@@H](CCc1ccccc1)NC1CCC(c2ccc(F)cc2)CN(CC(=O)OC(C)(C)C)C1=O. The summed E-state index contributed by atoms with van der Waals surface area (Å²) in [5.74, 6) is -1.57. The molecule has 1 aliphatic heterocycles. The number of likely N-dealkylation sites (tertiary alicyclic amines) is 1. The van der Waals surface area contributed by atoms with Gasteiger partial charge < -0.3 is 14.4 Å². The lowest BCUT2D eigenvalue weighted by Crippen LogP contribution is -2.53. The quantitative estimate of drug-likeness (QED) is 0.288. The lowest BCUT2D eigenvalue weighted by Gasteiger charge is -2.29. The van der Waals surface area contributed by atoms with E-state index >= 15 is 0 Å². The first-order valence-electron chi connectivity index (χ1n) is 14.3. The summed E-state index contributed by atoms with van der Waals surface area (Å²) in [5, 5.41) is 3.30. The molecule has 0 saturated carbocycles. The molecular weight excluding hydrogens is 511 g/mol. The molecule has 0 bridgehead atoms. The first-order chi connectivity index (χ1) is 19.1. The Balaban J connectivity index is 1.81. The average Bonchev–Trinajstić information content (AvgIpc) is 3.05. The van der Waals surface area contributed by atoms with Crippen LogP contribution in [0, 0.1) is 5.82 Å². The van der Waals surface area contributed by atoms with Gasteiger partial charge in [-0.05, 0) is 76.1 Å². The number of carbonyl (C=O) groups excluding carboxylic acids is 3. The fourth-order valence-electron chi connectivity index (χ4n) is 4.88. The van der Waals surface area contributed by atoms with E-state index in [1.54, 1.807) is 32.9 Å². The van der Waals surface area contributed by atoms with Crippen molar-refractivity contribution in [1.82, 2.24) is 10.2 Å². The largest absolute Gasteiger partial charge is 0.465 e. The molecule has 2 aromatic carbocycles. The maximum atomic E-state index is 13.8. The van der Waals surface area contributed by atoms with Crippen molar-refractivity contribution in [3.8, 4) is 0 Å². The van der Waals surface area contributed by atoms with E-state index in [4.69, 9.17) is 9.47 Å². The number of rotatable bonds is 12. The number of carbonyl (C=O) groups is 3. The van der Waals surface area contributed by atoms with Gasteiger partial charge in [-0.1, -0.05) is 55.8 Å². The van der Waals surface area contributed by atoms with Gasteiger partial charge in [-0.15, -0.1) is 0 Å². The zero-order valence-corrected chi connectivity index (χ0v) is 24.2. The van der Waals surface area contributed by atoms with Gasteiger partial charge in [0, 0.05) is 12.5 Å². The summed E-state index contributed by atoms with van der Waals surface area (Å²) in [6.45, 7) is 7.78. The number of nitrogens with one attached hydrogen (secondary N) is 1. The fraction of sp³-hybridized carbons (Fsp3) is 0.531. The van der Waals surface area contributed by atoms with Crippen LogP contribution in [0.15, 0.2) is 54.6 Å². The standard InChI is InChI=1S/C32H43FN2O5/c1-5-6-20-39-31(38)28(18-12-23-10-8-7-9-11-23)34-27-19-15-25(24-13-16-26(33)17-14-24)21-35(30(27)37)22-29(36)40-32(2,3)4/h7-11,13-14,16-17,25,27-28,34H,5-6,12,15,18-22H2,1-4H3/t25?,27?,28-/m1/s1. The topological polar surface area (TPSA) is 84.9 Å². The Morgan fingerprint density at radius 2 is 1.77 bits per heavy atom. The highest BCUT2D eigenvalue weighted by Gasteiger charge is 2.36. The monoisotopic (exact) mass is 554 g/mol. The van der Waals surface area contributed by atoms with Crippen molar-refractivity contribution < 1.29 is 28.2 Å². The third-order valence-electron chi connectivity index (χ3n) is 6.93. The van der Waals surface area contributed by atoms with Crippen molar-refractivity contribution in [1.29, 1.82) is 0 Å². The van der Waals surface area contributed by atoms with E-state index < -0.39 is 23.7 Å². The molecule has 218 valence electrons. The molecule has 1 fully saturated rings. The minimum Gasteiger partial charge on any atom is -0.465 e. The number of halogens is 1. The maximum absolute atomic E-state index is 13.8. The van der Waals surface area contributed by atoms with Crippen LogP contribution in [-0.2, 0) is 30.3 Å². The molecular formula is C32H43FN2O5. The van der Waals surface area contributed by atoms with Gasteiger partial charge in [0.15, 0.2) is 0 Å². The molecule has 40 heavy (non-hydrogen) atoms. The molecule has 1 aliphatic rings. The Morgan fingerprint density at radius 3 is 2.42 bits per heavy atom. The van der Waals surface area contributed by atoms with Crippen molar-refractivity contribution in [3.63, 3.8) is 0 Å². The van der Waals surface area contributed by atoms with Crippen LogP contribution in [0.1, 0.15) is 76.8 Å². The Kier molecular flexibility index (Phi) is 11.7. The number of hydrogen-bond donors (Lipinski definition) is 1. The predicted octanol–water partition coefficient (Wildman–Crippen LogP) is 5.18. The molecule has 3 rings (SSSR count). The van der Waals surface area contributed by atoms with E-state index in [0.717, 1.165) is 24.0 Å². The molecule has 0 aliphatic carbocycles. The minimum atomic E-state index is -0.690. The normalized spacial score (nSPS) is 18.6. The zero-order valence-electron chi connectivity index (χ0n) is 24.2. The summed E-state index contributed by atoms with van der Waals surface area (Å²) in [4.78, 5) is 41.2. The second kappa shape index (κ2) is 14.9. The van der Waals surface area contributed by atoms with Gasteiger partial charge in [0.2, 0.25) is 5.91 Å². The third kappa shape index (κ3) is 10.0. The predicted molar refractivity (Wildman–Crippen MR) is 152 cm³/mol. The number of ether oxygens (including phenoxy) is 2. The second-order valence-electron chi connectivity index (χ2n) is 11.4. The second-order valence-corrected chi connectivity index (χ2v) is 11.4. The van der Waals surface area contributed by atoms with Gasteiger partial charge in [-0.2, -0.15) is 0 Å². The summed E-state index contributed by atoms with van der Waals surface area (Å²) in [6.07, 6.45) is 3.85. The third-order valence-corrected chi connectivity index (χ3v) is 6.93. The highest BCUT2D eigenvalue weighted by atomic mass is 19.1. The zero-order chi connectivity index (χ0) is 29.1. The summed E-state index contributed by atoms with van der Waals surface area (Å²) < 4.78 is 24.7. The van der Waals surface area contributed by atoms with Crippen LogP contribution < -0.4 is 5.32 Å². The summed E-state index contributed by atoms with van der Waals surface area (Å²) in [7, 11) is 0. The maximum Gasteiger partial charge on any atom is 0.326 e. The summed E-state index contributed by atoms with van der Waals surface area (Å²) >= 11 is 0. The van der Waals surface area contributed by atoms with E-state index in [9.17, 15) is 18.8 Å². The lowest BCUT2D eigenvalue weighted by atomic mass is 9.93. The Bertz CT molecular complexity index is 1100. The van der Waals surface area contributed by atoms with Gasteiger partial charge in [-0.25, -0.2) is 4.39 Å². The van der Waals surface area contributed by atoms with Crippen LogP contribution in [0.4, 0.5) is 4.39 Å². The Hall–Kier alpha value is -3.26. The molecule has 7 nitrogen and oxygen atoms in total. The smallest absolute Gasteiger partial charge is 0.326 e. The van der Waals surface area contributed by atoms with E-state index in [-0.39, 0.29) is 36.7 Å². The number of nitrogens with zero attached hydrogens (tertiary/aromatic N) is 1. The molecule has 1 amide bonds. The van der Waals surface area contributed by atoms with Crippen LogP contribution in [0.2, 0.25) is 0 Å². The van der Waals surface area contributed by atoms with Crippen molar-refractivity contribution in [2.75, 3.05) is 19.7 Å². The van der Waals surface area contributed by atoms with Crippen LogP contribution >= 0.6 is 0 Å². The van der Waals surface area contributed by atoms with Crippen LogP contribution in [0.25, 0.3) is 0 Å². The Morgan fingerprint density at radius 1 is 1.07 bits per heavy atom. The first kappa shape index (κ1) is 31.3. The van der Waals surface area contributed by atoms with Gasteiger partial charge in [-0.3, -0.25) is 19.7 Å². The molecule has 0 aromatic heterocycles. The number of unbranched alkanes of at least 4 members (excludes halogenated alkanes) is 1. The van der Waals surface area contributed by atoms with Crippen molar-refractivity contribution in [3.05, 3.63) is 71.5 Å². The minimum absolute atomic E-state index is 0.0990. The average molecular weight is 555 g/mol. The highest BCUT2D eigenvalue weighted by molar-refractivity contribution is 5.87. The highest BCUT2D eigenvalue weighted by Crippen LogP contribution is 2.28. The molecule has 1 saturated heterocycles. The van der Waals surface area contributed by atoms with Gasteiger partial charge >= 0.3 is 11.9 Å². The molecule has 2 unspecified atom stereocenters. The Labute approximate surface area is 237 Å². The van der Waals surface area contributed by atoms with E-state index in [1.165, 1.54) is 17.0 Å². The molecule has 1 N–H and O–H groups in total. The number of aryl methyl sites for hydroxylation is 1. The number of amides is 1. The van der Waals surface area contributed by atoms with Gasteiger partial charge in [0.05, 0.1) is 12.6 Å². The fourth-order valence-corrected chi connectivity index (χ4v) is 4.88. The molecule has 0 spiro atoms. The van der Waals surface area contributed by atoms with Gasteiger partial charge in [0.1, 0.15) is 24.0 Å². The molecule has 2 aromatic rings. The number of esters is 2. The van der Waals surface area contributed by atoms with Crippen molar-refractivity contribution in [2.24, 2.45) is 0 Å². The summed E-state index contributed by atoms with van der Waals surface area (Å²) in [6, 6.07) is 14.7. The molecule has 0 radical (unpaired) electrons. The van der Waals surface area contributed by atoms with Crippen LogP contribution in [0.3, 0.4) is 0 Å². The van der Waals surface area contributed by atoms with E-state index in [0.29, 0.717) is 32.3 Å². The summed E-state index contributed by atoms with van der Waals surface area (Å²) in [5.41, 5.74) is 1.29. The van der Waals surface area contributed by atoms with Crippen molar-refractivity contribution >= 4 is 17.8 Å². The lowest BCUT2D eigenvalue weighted by molar-refractivity contribution is -0.159. The van der Waals surface area contributed by atoms with E-state index in [2.05, 4.69) is 5.32 Å². The molecule has 3 atom stereocenters. The van der Waals surface area contributed by atoms with Crippen molar-refractivity contribution in [2.45, 2.75) is 89.8 Å². The number of hydrogen-bond acceptors (Lipinski definition) is 6. The van der Waals surface area contributed by atoms with E-state index in [1.807, 2.05) is 37.3 Å². The van der Waals surface area contributed by atoms with Gasteiger partial charge in [0.25, 0.3) is 0 Å². The van der Waals surface area contributed by atoms with Crippen LogP contribution in [0.5, 0.6) is 0 Å².